The van der Waals surface area contributed by atoms with E-state index in [9.17, 15) is 0 Å². The van der Waals surface area contributed by atoms with E-state index >= 15 is 0 Å². The Kier molecular flexibility index (Phi) is 6.93. The molecule has 0 aromatic heterocycles. The molecule has 0 saturated heterocycles. The zero-order valence-corrected chi connectivity index (χ0v) is 16.3. The first kappa shape index (κ1) is 14.0. The molecule has 0 N–H and O–H groups in total. The molecule has 0 bridgehead atoms. The molecule has 0 aliphatic carbocycles. The van der Waals surface area contributed by atoms with Crippen LogP contribution in [0.4, 0.5) is 0 Å². The first-order valence-corrected chi connectivity index (χ1v) is 16.0. The predicted octanol–water partition coefficient (Wildman–Crippen LogP) is -1.06. The first-order valence-electron chi connectivity index (χ1n) is 4.76. The molecule has 0 aromatic rings. The van der Waals surface area contributed by atoms with Crippen LogP contribution in [-0.4, -0.2) is 45.9 Å². The van der Waals surface area contributed by atoms with Gasteiger partial charge in [0.2, 0.25) is 0 Å². The van der Waals surface area contributed by atoms with E-state index in [1.807, 2.05) is 0 Å². The van der Waals surface area contributed by atoms with Crippen LogP contribution in [0.25, 0.3) is 0 Å². The summed E-state index contributed by atoms with van der Waals surface area (Å²) in [7, 11) is -3.23. The summed E-state index contributed by atoms with van der Waals surface area (Å²) >= 11 is 0. The van der Waals surface area contributed by atoms with Crippen molar-refractivity contribution in [1.82, 2.24) is 0 Å². The van der Waals surface area contributed by atoms with Gasteiger partial charge in [0, 0.05) is 0 Å². The van der Waals surface area contributed by atoms with Crippen molar-refractivity contribution in [3.8, 4) is 0 Å². The molecule has 0 fully saturated rings. The fraction of sp³-hybridized carbons (Fsp3) is 1.00. The molecule has 0 spiro atoms. The third-order valence-electron chi connectivity index (χ3n) is 2.30. The summed E-state index contributed by atoms with van der Waals surface area (Å²) in [5.74, 6) is 0. The molecule has 0 aromatic carbocycles. The van der Waals surface area contributed by atoms with E-state index in [0.29, 0.717) is 0 Å². The van der Waals surface area contributed by atoms with E-state index in [1.54, 1.807) is 0 Å². The lowest BCUT2D eigenvalue weighted by atomic mass is 11.9. The predicted molar refractivity (Wildman–Crippen MR) is 71.1 cm³/mol. The lowest BCUT2D eigenvalue weighted by molar-refractivity contribution is 0.456. The first-order chi connectivity index (χ1) is 5.94. The third-order valence-corrected chi connectivity index (χ3v) is 24.1. The second-order valence-electron chi connectivity index (χ2n) is 3.61. The van der Waals surface area contributed by atoms with Crippen LogP contribution in [0.15, 0.2) is 0 Å². The Bertz CT molecular complexity index is 144. The molecular weight excluding hydrogens is 248 g/mol. The minimum atomic E-state index is -1.42. The summed E-state index contributed by atoms with van der Waals surface area (Å²) in [6, 6.07) is 0. The monoisotopic (exact) mass is 270 g/mol. The average Bonchev–Trinajstić information content (AvgIpc) is 2.04. The summed E-state index contributed by atoms with van der Waals surface area (Å²) < 4.78 is 17.3. The maximum Gasteiger partial charge on any atom is 0.296 e. The molecule has 80 valence electrons. The molecule has 0 rings (SSSR count). The lowest BCUT2D eigenvalue weighted by Crippen LogP contribution is -2.50. The van der Waals surface area contributed by atoms with Gasteiger partial charge < -0.3 is 12.3 Å². The van der Waals surface area contributed by atoms with E-state index in [4.69, 9.17) is 12.3 Å². The quantitative estimate of drug-likeness (QED) is 0.576. The van der Waals surface area contributed by atoms with E-state index < -0.39 is 25.7 Å². The smallest absolute Gasteiger partial charge is 0.296 e. The second-order valence-corrected chi connectivity index (χ2v) is 20.5. The van der Waals surface area contributed by atoms with Gasteiger partial charge in [-0.05, 0) is 26.2 Å². The molecule has 2 atom stereocenters. The van der Waals surface area contributed by atoms with Crippen LogP contribution in [0.1, 0.15) is 0 Å². The molecule has 8 heteroatoms. The zero-order chi connectivity index (χ0) is 10.5. The van der Waals surface area contributed by atoms with Gasteiger partial charge in [-0.25, -0.2) is 0 Å². The van der Waals surface area contributed by atoms with Crippen molar-refractivity contribution in [3.63, 3.8) is 0 Å². The molecular formula is C5H22O3Si5. The number of hydrogen-bond donors (Lipinski definition) is 0. The Morgan fingerprint density at radius 3 is 2.23 bits per heavy atom. The fourth-order valence-electron chi connectivity index (χ4n) is 0.891. The summed E-state index contributed by atoms with van der Waals surface area (Å²) in [4.78, 5) is 0. The summed E-state index contributed by atoms with van der Waals surface area (Å²) in [5, 5.41) is 0. The number of hydrogen-bond acceptors (Lipinski definition) is 3. The molecule has 0 heterocycles. The highest BCUT2D eigenvalue weighted by atomic mass is 29.3. The molecule has 3 nitrogen and oxygen atoms in total. The van der Waals surface area contributed by atoms with Crippen LogP contribution in [0.2, 0.25) is 32.7 Å². The van der Waals surface area contributed by atoms with E-state index in [2.05, 4.69) is 32.7 Å². The van der Waals surface area contributed by atoms with Gasteiger partial charge >= 0.3 is 0 Å². The standard InChI is InChI=1S/C5H22O3Si5/c1-10-7-11(2)8-12(3)13(4,5)6-9/h11-12H,10H2,1-5,9H3. The fourth-order valence-corrected chi connectivity index (χ4v) is 16.4. The lowest BCUT2D eigenvalue weighted by Gasteiger charge is -2.29. The van der Waals surface area contributed by atoms with Gasteiger partial charge in [-0.15, -0.1) is 0 Å². The summed E-state index contributed by atoms with van der Waals surface area (Å²) in [6.07, 6.45) is 0. The van der Waals surface area contributed by atoms with E-state index in [1.165, 1.54) is 0 Å². The van der Waals surface area contributed by atoms with Crippen LogP contribution in [0.3, 0.4) is 0 Å². The Labute approximate surface area is 91.1 Å². The highest BCUT2D eigenvalue weighted by Crippen LogP contribution is 2.09. The summed E-state index contributed by atoms with van der Waals surface area (Å²) in [5.41, 5.74) is 0. The van der Waals surface area contributed by atoms with Crippen LogP contribution < -0.4 is 0 Å². The number of rotatable bonds is 6. The van der Waals surface area contributed by atoms with Gasteiger partial charge in [-0.1, -0.05) is 6.55 Å². The zero-order valence-electron chi connectivity index (χ0n) is 9.59. The Hall–Kier alpha value is 0.964. The Morgan fingerprint density at radius 1 is 1.31 bits per heavy atom. The van der Waals surface area contributed by atoms with Crippen molar-refractivity contribution in [2.24, 2.45) is 0 Å². The molecule has 13 heavy (non-hydrogen) atoms. The van der Waals surface area contributed by atoms with E-state index in [-0.39, 0.29) is 9.76 Å². The van der Waals surface area contributed by atoms with E-state index in [0.717, 1.165) is 10.5 Å². The van der Waals surface area contributed by atoms with Crippen molar-refractivity contribution in [2.45, 2.75) is 32.7 Å². The van der Waals surface area contributed by atoms with Gasteiger partial charge in [0.1, 0.15) is 20.2 Å². The highest BCUT2D eigenvalue weighted by Gasteiger charge is 2.32. The SMILES string of the molecule is C[SiH2]O[SiH](C)O[SiH](C)[Si](C)(C)O[SiH3]. The van der Waals surface area contributed by atoms with Gasteiger partial charge in [-0.3, -0.25) is 0 Å². The van der Waals surface area contributed by atoms with Crippen LogP contribution in [0, 0.1) is 0 Å². The largest absolute Gasteiger partial charge is 0.464 e. The molecule has 0 amide bonds. The Balaban J connectivity index is 3.91. The third kappa shape index (κ3) is 5.42. The topological polar surface area (TPSA) is 27.7 Å². The Morgan fingerprint density at radius 2 is 1.85 bits per heavy atom. The van der Waals surface area contributed by atoms with Gasteiger partial charge in [0.15, 0.2) is 16.4 Å². The molecule has 2 unspecified atom stereocenters. The molecule has 0 aliphatic heterocycles. The van der Waals surface area contributed by atoms with Crippen molar-refractivity contribution in [2.75, 3.05) is 0 Å². The molecule has 0 saturated carbocycles. The van der Waals surface area contributed by atoms with Crippen molar-refractivity contribution in [3.05, 3.63) is 0 Å². The minimum Gasteiger partial charge on any atom is -0.464 e. The van der Waals surface area contributed by atoms with Crippen molar-refractivity contribution in [1.29, 1.82) is 0 Å². The van der Waals surface area contributed by atoms with Crippen molar-refractivity contribution >= 4 is 45.9 Å². The van der Waals surface area contributed by atoms with Crippen molar-refractivity contribution < 1.29 is 12.3 Å². The summed E-state index contributed by atoms with van der Waals surface area (Å²) in [6.45, 7) is 11.1. The van der Waals surface area contributed by atoms with Gasteiger partial charge in [0.05, 0.1) is 0 Å². The van der Waals surface area contributed by atoms with Gasteiger partial charge in [-0.2, -0.15) is 0 Å². The minimum absolute atomic E-state index is 0.284. The van der Waals surface area contributed by atoms with Gasteiger partial charge in [0.25, 0.3) is 9.28 Å². The molecule has 0 radical (unpaired) electrons. The maximum atomic E-state index is 6.00. The van der Waals surface area contributed by atoms with Crippen LogP contribution in [-0.2, 0) is 12.3 Å². The maximum absolute atomic E-state index is 6.00. The molecule has 0 aliphatic rings. The van der Waals surface area contributed by atoms with Crippen LogP contribution in [0.5, 0.6) is 0 Å². The highest BCUT2D eigenvalue weighted by molar-refractivity contribution is 7.27. The normalized spacial score (nSPS) is 18.2. The second kappa shape index (κ2) is 6.45. The average molecular weight is 271 g/mol. The van der Waals surface area contributed by atoms with Crippen LogP contribution >= 0.6 is 0 Å².